The lowest BCUT2D eigenvalue weighted by Crippen LogP contribution is -2.13. The number of hydrogen-bond donors (Lipinski definition) is 2. The van der Waals surface area contributed by atoms with Crippen molar-refractivity contribution in [2.75, 3.05) is 5.32 Å². The quantitative estimate of drug-likeness (QED) is 0.203. The number of ether oxygens (including phenoxy) is 1. The highest BCUT2D eigenvalue weighted by Gasteiger charge is 2.11. The number of phenolic OH excluding ortho intramolecular Hbond substituents is 1. The topological polar surface area (TPSA) is 82.3 Å². The van der Waals surface area contributed by atoms with Gasteiger partial charge in [0.1, 0.15) is 29.7 Å². The highest BCUT2D eigenvalue weighted by Crippen LogP contribution is 2.28. The Hall–Kier alpha value is -4.27. The monoisotopic (exact) mass is 454 g/mol. The Morgan fingerprint density at radius 1 is 1.03 bits per heavy atom. The van der Waals surface area contributed by atoms with E-state index in [4.69, 9.17) is 16.3 Å². The molecule has 0 bridgehead atoms. The lowest BCUT2D eigenvalue weighted by atomic mass is 10.1. The Kier molecular flexibility index (Phi) is 6.58. The zero-order chi connectivity index (χ0) is 23.2. The number of amides is 1. The summed E-state index contributed by atoms with van der Waals surface area (Å²) in [6.45, 7) is 0.356. The van der Waals surface area contributed by atoms with Crippen LogP contribution in [0.3, 0.4) is 0 Å². The number of nitrogens with zero attached hydrogens (tertiary/aromatic N) is 1. The van der Waals surface area contributed by atoms with Crippen LogP contribution in [0.15, 0.2) is 90.5 Å². The van der Waals surface area contributed by atoms with Crippen molar-refractivity contribution in [1.29, 1.82) is 5.26 Å². The van der Waals surface area contributed by atoms with Crippen LogP contribution in [-0.4, -0.2) is 11.0 Å². The number of fused-ring (bicyclic) bond motifs is 1. The lowest BCUT2D eigenvalue weighted by molar-refractivity contribution is -0.112. The van der Waals surface area contributed by atoms with Crippen LogP contribution in [0.1, 0.15) is 11.1 Å². The molecule has 4 aromatic carbocycles. The minimum Gasteiger partial charge on any atom is -0.508 e. The number of carbonyl (C=O) groups is 1. The van der Waals surface area contributed by atoms with Crippen LogP contribution >= 0.6 is 11.6 Å². The largest absolute Gasteiger partial charge is 0.508 e. The van der Waals surface area contributed by atoms with E-state index < -0.39 is 5.91 Å². The normalized spacial score (nSPS) is 11.1. The number of rotatable bonds is 6. The molecule has 1 amide bonds. The summed E-state index contributed by atoms with van der Waals surface area (Å²) in [5, 5.41) is 24.0. The highest BCUT2D eigenvalue weighted by molar-refractivity contribution is 6.32. The minimum atomic E-state index is -0.560. The van der Waals surface area contributed by atoms with Gasteiger partial charge in [0.15, 0.2) is 0 Å². The van der Waals surface area contributed by atoms with Crippen LogP contribution in [-0.2, 0) is 11.4 Å². The van der Waals surface area contributed by atoms with Gasteiger partial charge in [-0.05, 0) is 64.4 Å². The molecule has 0 aliphatic carbocycles. The fourth-order valence-electron chi connectivity index (χ4n) is 3.36. The molecule has 0 aliphatic rings. The zero-order valence-electron chi connectivity index (χ0n) is 17.5. The summed E-state index contributed by atoms with van der Waals surface area (Å²) in [5.41, 5.74) is 2.03. The first-order valence-corrected chi connectivity index (χ1v) is 10.5. The number of halogens is 1. The molecule has 6 heteroatoms. The summed E-state index contributed by atoms with van der Waals surface area (Å²) in [6.07, 6.45) is 1.45. The van der Waals surface area contributed by atoms with E-state index in [1.807, 2.05) is 30.3 Å². The van der Waals surface area contributed by atoms with Crippen molar-refractivity contribution in [2.24, 2.45) is 0 Å². The van der Waals surface area contributed by atoms with Crippen LogP contribution in [0.5, 0.6) is 11.5 Å². The van der Waals surface area contributed by atoms with Crippen molar-refractivity contribution < 1.29 is 14.6 Å². The third-order valence-corrected chi connectivity index (χ3v) is 5.32. The first-order valence-electron chi connectivity index (χ1n) is 10.1. The number of benzene rings is 4. The van der Waals surface area contributed by atoms with Crippen molar-refractivity contribution in [1.82, 2.24) is 0 Å². The van der Waals surface area contributed by atoms with Crippen molar-refractivity contribution in [3.8, 4) is 17.6 Å². The number of hydrogen-bond acceptors (Lipinski definition) is 4. The van der Waals surface area contributed by atoms with Gasteiger partial charge in [0.25, 0.3) is 5.91 Å². The maximum absolute atomic E-state index is 12.4. The third-order valence-electron chi connectivity index (χ3n) is 5.02. The second-order valence-corrected chi connectivity index (χ2v) is 7.69. The smallest absolute Gasteiger partial charge is 0.266 e. The van der Waals surface area contributed by atoms with Gasteiger partial charge >= 0.3 is 0 Å². The third kappa shape index (κ3) is 5.32. The molecule has 2 N–H and O–H groups in total. The summed E-state index contributed by atoms with van der Waals surface area (Å²) in [7, 11) is 0. The van der Waals surface area contributed by atoms with Crippen LogP contribution in [0, 0.1) is 11.3 Å². The predicted octanol–water partition coefficient (Wildman–Crippen LogP) is 6.32. The summed E-state index contributed by atoms with van der Waals surface area (Å²) < 4.78 is 5.94. The van der Waals surface area contributed by atoms with E-state index in [0.29, 0.717) is 28.6 Å². The van der Waals surface area contributed by atoms with Crippen LogP contribution < -0.4 is 10.1 Å². The molecule has 0 spiro atoms. The second-order valence-electron chi connectivity index (χ2n) is 7.29. The molecule has 0 radical (unpaired) electrons. The Bertz CT molecular complexity index is 1380. The maximum Gasteiger partial charge on any atom is 0.266 e. The van der Waals surface area contributed by atoms with E-state index in [-0.39, 0.29) is 11.3 Å². The van der Waals surface area contributed by atoms with Gasteiger partial charge < -0.3 is 15.2 Å². The number of phenols is 1. The first kappa shape index (κ1) is 21.9. The lowest BCUT2D eigenvalue weighted by Gasteiger charge is -2.11. The molecule has 0 saturated heterocycles. The molecule has 4 aromatic rings. The van der Waals surface area contributed by atoms with Crippen molar-refractivity contribution in [2.45, 2.75) is 6.61 Å². The number of carbonyl (C=O) groups excluding carboxylic acids is 1. The first-order chi connectivity index (χ1) is 16.0. The summed E-state index contributed by atoms with van der Waals surface area (Å²) in [4.78, 5) is 12.4. The van der Waals surface area contributed by atoms with Crippen LogP contribution in [0.4, 0.5) is 5.69 Å². The molecule has 0 atom stereocenters. The zero-order valence-corrected chi connectivity index (χ0v) is 18.2. The minimum absolute atomic E-state index is 0.0800. The molecule has 162 valence electrons. The molecule has 0 heterocycles. The van der Waals surface area contributed by atoms with Gasteiger partial charge in [0.2, 0.25) is 0 Å². The molecule has 0 aliphatic heterocycles. The van der Waals surface area contributed by atoms with Crippen molar-refractivity contribution in [3.63, 3.8) is 0 Å². The Morgan fingerprint density at radius 3 is 2.55 bits per heavy atom. The Labute approximate surface area is 196 Å². The molecule has 5 nitrogen and oxygen atoms in total. The number of nitrogens with one attached hydrogen (secondary N) is 1. The second kappa shape index (κ2) is 9.90. The molecular formula is C27H19ClN2O3. The number of nitriles is 1. The van der Waals surface area contributed by atoms with E-state index in [0.717, 1.165) is 16.3 Å². The molecule has 33 heavy (non-hydrogen) atoms. The molecule has 0 unspecified atom stereocenters. The Balaban J connectivity index is 1.48. The standard InChI is InChI=1S/C27H19ClN2O3/c28-25-15-18(14-21(16-29)27(32)30-22-9-11-23(31)12-10-22)8-13-26(25)33-17-20-6-3-5-19-4-1-2-7-24(19)20/h1-15,31H,17H2,(H,30,32)/b21-14+. The van der Waals surface area contributed by atoms with E-state index in [1.54, 1.807) is 30.3 Å². The molecule has 4 rings (SSSR count). The molecular weight excluding hydrogens is 436 g/mol. The van der Waals surface area contributed by atoms with E-state index in [2.05, 4.69) is 23.5 Å². The number of aromatic hydroxyl groups is 1. The van der Waals surface area contributed by atoms with Crippen LogP contribution in [0.25, 0.3) is 16.8 Å². The summed E-state index contributed by atoms with van der Waals surface area (Å²) in [6, 6.07) is 27.1. The molecule has 0 aromatic heterocycles. The highest BCUT2D eigenvalue weighted by atomic mass is 35.5. The Morgan fingerprint density at radius 2 is 1.79 bits per heavy atom. The number of anilines is 1. The van der Waals surface area contributed by atoms with Gasteiger partial charge in [-0.25, -0.2) is 0 Å². The maximum atomic E-state index is 12.4. The average molecular weight is 455 g/mol. The predicted molar refractivity (Wildman–Crippen MR) is 130 cm³/mol. The van der Waals surface area contributed by atoms with E-state index in [1.165, 1.54) is 18.2 Å². The average Bonchev–Trinajstić information content (AvgIpc) is 2.83. The van der Waals surface area contributed by atoms with Gasteiger partial charge in [-0.1, -0.05) is 60.1 Å². The summed E-state index contributed by atoms with van der Waals surface area (Å²) in [5.74, 6) is 0.0332. The molecule has 0 saturated carbocycles. The van der Waals surface area contributed by atoms with Crippen molar-refractivity contribution in [3.05, 3.63) is 107 Å². The van der Waals surface area contributed by atoms with Gasteiger partial charge in [-0.2, -0.15) is 5.26 Å². The van der Waals surface area contributed by atoms with Gasteiger partial charge in [0.05, 0.1) is 5.02 Å². The fourth-order valence-corrected chi connectivity index (χ4v) is 3.60. The SMILES string of the molecule is N#C/C(=C\c1ccc(OCc2cccc3ccccc23)c(Cl)c1)C(=O)Nc1ccc(O)cc1. The van der Waals surface area contributed by atoms with Gasteiger partial charge in [-0.3, -0.25) is 4.79 Å². The van der Waals surface area contributed by atoms with Crippen molar-refractivity contribution >= 4 is 40.0 Å². The van der Waals surface area contributed by atoms with Gasteiger partial charge in [0, 0.05) is 5.69 Å². The van der Waals surface area contributed by atoms with E-state index in [9.17, 15) is 15.2 Å². The van der Waals surface area contributed by atoms with Gasteiger partial charge in [-0.15, -0.1) is 0 Å². The van der Waals surface area contributed by atoms with Crippen LogP contribution in [0.2, 0.25) is 5.02 Å². The van der Waals surface area contributed by atoms with E-state index >= 15 is 0 Å². The fraction of sp³-hybridized carbons (Fsp3) is 0.0370. The molecule has 0 fully saturated rings. The summed E-state index contributed by atoms with van der Waals surface area (Å²) >= 11 is 6.40.